The summed E-state index contributed by atoms with van der Waals surface area (Å²) in [6.07, 6.45) is 92.8. The number of carbonyl (C=O) groups excluding carboxylic acids is 5. The number of hydrogen-bond donors (Lipinski definition) is 0. The van der Waals surface area contributed by atoms with Crippen LogP contribution in [0.4, 0.5) is 0 Å². The van der Waals surface area contributed by atoms with Crippen LogP contribution in [0.3, 0.4) is 0 Å². The van der Waals surface area contributed by atoms with Gasteiger partial charge in [0.2, 0.25) is 0 Å². The first-order valence-corrected chi connectivity index (χ1v) is 60.8. The summed E-state index contributed by atoms with van der Waals surface area (Å²) < 4.78 is 30.5. The highest BCUT2D eigenvalue weighted by atomic mass is 16.5. The quantitative estimate of drug-likeness (QED) is 0.0323. The molecule has 1 aliphatic heterocycles. The number of unbranched alkanes of at least 4 members (excludes halogenated alkanes) is 55. The van der Waals surface area contributed by atoms with Gasteiger partial charge in [-0.1, -0.05) is 454 Å². The molecule has 1 aliphatic rings. The van der Waals surface area contributed by atoms with Gasteiger partial charge >= 0.3 is 29.8 Å². The van der Waals surface area contributed by atoms with Crippen molar-refractivity contribution in [1.29, 1.82) is 0 Å². The Balaban J connectivity index is 3.41. The number of nitrogens with zero attached hydrogens (tertiary/aromatic N) is 5. The Kier molecular flexibility index (Phi) is 98.9. The van der Waals surface area contributed by atoms with E-state index in [4.69, 9.17) is 23.7 Å². The molecule has 15 heteroatoms. The summed E-state index contributed by atoms with van der Waals surface area (Å²) in [5, 5.41) is 0. The van der Waals surface area contributed by atoms with Crippen molar-refractivity contribution in [1.82, 2.24) is 24.5 Å². The van der Waals surface area contributed by atoms with E-state index in [9.17, 15) is 24.0 Å². The van der Waals surface area contributed by atoms with Gasteiger partial charge in [-0.05, 0) is 161 Å². The third-order valence-electron chi connectivity index (χ3n) is 30.0. The number of carbonyl (C=O) groups is 5. The van der Waals surface area contributed by atoms with Crippen molar-refractivity contribution in [2.24, 2.45) is 29.6 Å². The highest BCUT2D eigenvalue weighted by Gasteiger charge is 2.27. The van der Waals surface area contributed by atoms with Crippen LogP contribution < -0.4 is 0 Å². The van der Waals surface area contributed by atoms with E-state index >= 15 is 0 Å². The number of hydrogen-bond acceptors (Lipinski definition) is 15. The molecule has 0 amide bonds. The summed E-state index contributed by atoms with van der Waals surface area (Å²) >= 11 is 0. The van der Waals surface area contributed by atoms with Crippen molar-refractivity contribution in [3.8, 4) is 0 Å². The summed E-state index contributed by atoms with van der Waals surface area (Å²) in [7, 11) is 0. The van der Waals surface area contributed by atoms with Crippen molar-refractivity contribution in [3.05, 3.63) is 0 Å². The molecular weight excluding hydrogens is 1670 g/mol. The summed E-state index contributed by atoms with van der Waals surface area (Å²) in [6.45, 7) is 41.7. The molecule has 0 spiro atoms. The predicted octanol–water partition coefficient (Wildman–Crippen LogP) is 33.7. The van der Waals surface area contributed by atoms with Gasteiger partial charge in [0.25, 0.3) is 0 Å². The van der Waals surface area contributed by atoms with Gasteiger partial charge in [0, 0.05) is 65.4 Å². The van der Waals surface area contributed by atoms with Crippen molar-refractivity contribution in [2.45, 2.75) is 583 Å². The predicted molar refractivity (Wildman–Crippen MR) is 581 cm³/mol. The summed E-state index contributed by atoms with van der Waals surface area (Å²) in [5.74, 6) is 0.533. The Morgan fingerprint density at radius 3 is 0.481 bits per heavy atom. The third-order valence-corrected chi connectivity index (χ3v) is 30.0. The molecule has 0 radical (unpaired) electrons. The second kappa shape index (κ2) is 103. The molecule has 1 heterocycles. The first-order chi connectivity index (χ1) is 66.4. The van der Waals surface area contributed by atoms with Crippen molar-refractivity contribution in [3.63, 3.8) is 0 Å². The number of ether oxygens (including phenoxy) is 5. The molecule has 1 saturated heterocycles. The summed E-state index contributed by atoms with van der Waals surface area (Å²) in [6, 6.07) is 0. The number of esters is 5. The normalized spacial score (nSPS) is 13.9. The maximum absolute atomic E-state index is 13.7. The van der Waals surface area contributed by atoms with E-state index < -0.39 is 0 Å². The fourth-order valence-corrected chi connectivity index (χ4v) is 20.3. The standard InChI is InChI=1S/C120H235N5O10/c1-11-21-31-41-46-66-86-111(81-61-36-26-16-6)116(126)131-106-76-56-51-71-91-121(92-72-52-57-77-107-132-117(127)112(82-62-37-27-17-7)87-67-47-42-32-22-12-2)96-98-123(95-75-55-60-80-110-135-120(130)115(85-65-40-30-20-10)90-70-50-45-35-25-15-5)99-101-125-104-102-124(103-105-125)100-97-122(93-73-53-58-78-108-133-118(128)113(83-63-38-28-18-8)88-68-48-43-33-23-13-3)94-74-54-59-79-109-134-119(129)114(84-64-39-29-19-9)89-69-49-44-34-24-14-4/h111-115H,11-110H2,1-10H3. The summed E-state index contributed by atoms with van der Waals surface area (Å²) in [4.78, 5) is 82.0. The smallest absolute Gasteiger partial charge is 0.308 e. The molecule has 0 aromatic rings. The maximum Gasteiger partial charge on any atom is 0.308 e. The first-order valence-electron chi connectivity index (χ1n) is 60.8. The van der Waals surface area contributed by atoms with Gasteiger partial charge in [0.05, 0.1) is 62.6 Å². The van der Waals surface area contributed by atoms with Crippen molar-refractivity contribution in [2.75, 3.05) is 131 Å². The fraction of sp³-hybridized carbons (Fsp3) is 0.958. The highest BCUT2D eigenvalue weighted by Crippen LogP contribution is 2.28. The number of piperazine rings is 1. The Hall–Kier alpha value is -2.85. The van der Waals surface area contributed by atoms with Crippen LogP contribution >= 0.6 is 0 Å². The Labute approximate surface area is 840 Å². The zero-order valence-corrected chi connectivity index (χ0v) is 92.4. The zero-order chi connectivity index (χ0) is 97.9. The molecule has 0 saturated carbocycles. The molecular formula is C120H235N5O10. The lowest BCUT2D eigenvalue weighted by atomic mass is 9.94. The van der Waals surface area contributed by atoms with E-state index in [-0.39, 0.29) is 59.4 Å². The molecule has 800 valence electrons. The van der Waals surface area contributed by atoms with Crippen LogP contribution in [0.5, 0.6) is 0 Å². The van der Waals surface area contributed by atoms with Gasteiger partial charge in [-0.15, -0.1) is 0 Å². The molecule has 0 bridgehead atoms. The maximum atomic E-state index is 13.7. The van der Waals surface area contributed by atoms with E-state index in [1.165, 1.54) is 257 Å². The van der Waals surface area contributed by atoms with Crippen LogP contribution in [0.25, 0.3) is 0 Å². The molecule has 135 heavy (non-hydrogen) atoms. The fourth-order valence-electron chi connectivity index (χ4n) is 20.3. The summed E-state index contributed by atoms with van der Waals surface area (Å²) in [5.41, 5.74) is 0. The molecule has 0 aliphatic carbocycles. The van der Waals surface area contributed by atoms with Gasteiger partial charge in [-0.25, -0.2) is 0 Å². The first kappa shape index (κ1) is 130. The largest absolute Gasteiger partial charge is 0.465 e. The second-order valence-electron chi connectivity index (χ2n) is 42.6. The molecule has 5 atom stereocenters. The van der Waals surface area contributed by atoms with Gasteiger partial charge in [-0.3, -0.25) is 33.8 Å². The molecule has 0 aromatic carbocycles. The lowest BCUT2D eigenvalue weighted by molar-refractivity contribution is -0.150. The van der Waals surface area contributed by atoms with Crippen LogP contribution in [0, 0.1) is 29.6 Å². The van der Waals surface area contributed by atoms with E-state index in [0.29, 0.717) is 33.0 Å². The molecule has 0 N–H and O–H groups in total. The van der Waals surface area contributed by atoms with Gasteiger partial charge < -0.3 is 38.4 Å². The molecule has 15 nitrogen and oxygen atoms in total. The van der Waals surface area contributed by atoms with Crippen molar-refractivity contribution < 1.29 is 47.7 Å². The van der Waals surface area contributed by atoms with Crippen LogP contribution in [-0.2, 0) is 47.7 Å². The topological polar surface area (TPSA) is 148 Å². The van der Waals surface area contributed by atoms with E-state index in [0.717, 1.165) is 355 Å². The minimum atomic E-state index is 0.0451. The second-order valence-corrected chi connectivity index (χ2v) is 42.6. The Morgan fingerprint density at radius 2 is 0.304 bits per heavy atom. The average Bonchev–Trinajstić information content (AvgIpc) is 0.894. The zero-order valence-electron chi connectivity index (χ0n) is 92.4. The molecule has 1 fully saturated rings. The minimum Gasteiger partial charge on any atom is -0.465 e. The van der Waals surface area contributed by atoms with E-state index in [1.807, 2.05) is 0 Å². The van der Waals surface area contributed by atoms with Gasteiger partial charge in [0.15, 0.2) is 0 Å². The van der Waals surface area contributed by atoms with Crippen LogP contribution in [0.15, 0.2) is 0 Å². The average molecular weight is 1910 g/mol. The highest BCUT2D eigenvalue weighted by molar-refractivity contribution is 5.74. The van der Waals surface area contributed by atoms with Crippen LogP contribution in [0.2, 0.25) is 0 Å². The van der Waals surface area contributed by atoms with E-state index in [2.05, 4.69) is 93.7 Å². The lowest BCUT2D eigenvalue weighted by Crippen LogP contribution is -2.50. The molecule has 0 aromatic heterocycles. The number of rotatable bonds is 109. The SMILES string of the molecule is CCCCCCCCC(CCCCCC)C(=O)OCCCCCCN(CCCCCCOC(=O)C(CCCCCC)CCCCCCCC)CCN(CCCCCCOC(=O)C(CCCCCC)CCCCCCCC)CCN1CCN(CCN(CCCCCCOC(=O)C(CCCCCC)CCCCCCCC)CCCCCCOC(=O)C(CCCCCC)CCCCCCCC)CC1. The van der Waals surface area contributed by atoms with Crippen LogP contribution in [-0.4, -0.2) is 186 Å². The van der Waals surface area contributed by atoms with Gasteiger partial charge in [-0.2, -0.15) is 0 Å². The van der Waals surface area contributed by atoms with Gasteiger partial charge in [0.1, 0.15) is 0 Å². The lowest BCUT2D eigenvalue weighted by Gasteiger charge is -2.37. The molecule has 5 unspecified atom stereocenters. The minimum absolute atomic E-state index is 0.0451. The Bertz CT molecular complexity index is 2370. The van der Waals surface area contributed by atoms with Crippen LogP contribution in [0.1, 0.15) is 583 Å². The Morgan fingerprint density at radius 1 is 0.170 bits per heavy atom. The van der Waals surface area contributed by atoms with E-state index in [1.54, 1.807) is 0 Å². The van der Waals surface area contributed by atoms with Crippen molar-refractivity contribution >= 4 is 29.8 Å². The molecule has 1 rings (SSSR count). The monoisotopic (exact) mass is 1910 g/mol. The third kappa shape index (κ3) is 83.2.